The Morgan fingerprint density at radius 2 is 1.70 bits per heavy atom. The van der Waals surface area contributed by atoms with Gasteiger partial charge in [0.15, 0.2) is 18.1 Å². The number of Topliss-reactive ketones (excluding diaryl/α,β-unsaturated/α-hetero) is 1. The van der Waals surface area contributed by atoms with Gasteiger partial charge in [0.05, 0.1) is 5.56 Å². The molecular weight excluding hydrogens is 382 g/mol. The lowest BCUT2D eigenvalue weighted by molar-refractivity contribution is 0.0474. The first-order chi connectivity index (χ1) is 14.3. The Labute approximate surface area is 175 Å². The number of esters is 1. The Hall–Kier alpha value is -3.54. The number of carbonyl (C=O) groups excluding carboxylic acids is 2. The zero-order chi connectivity index (χ0) is 21.4. The number of fused-ring (bicyclic) bond motifs is 1. The van der Waals surface area contributed by atoms with Gasteiger partial charge in [-0.1, -0.05) is 6.07 Å². The molecule has 0 saturated heterocycles. The van der Waals surface area contributed by atoms with Crippen molar-refractivity contribution in [2.24, 2.45) is 0 Å². The molecule has 2 aromatic carbocycles. The van der Waals surface area contributed by atoms with Gasteiger partial charge in [-0.2, -0.15) is 0 Å². The van der Waals surface area contributed by atoms with Gasteiger partial charge < -0.3 is 18.8 Å². The summed E-state index contributed by atoms with van der Waals surface area (Å²) in [5, 5.41) is 0. The first-order valence-electron chi connectivity index (χ1n) is 9.71. The summed E-state index contributed by atoms with van der Waals surface area (Å²) in [6.45, 7) is 7.78. The molecule has 1 aliphatic heterocycles. The molecule has 0 N–H and O–H groups in total. The van der Waals surface area contributed by atoms with Crippen LogP contribution in [0.15, 0.2) is 42.5 Å². The van der Waals surface area contributed by atoms with Gasteiger partial charge in [-0.15, -0.1) is 0 Å². The Morgan fingerprint density at radius 3 is 2.47 bits per heavy atom. The number of benzene rings is 2. The summed E-state index contributed by atoms with van der Waals surface area (Å²) >= 11 is 0. The van der Waals surface area contributed by atoms with Gasteiger partial charge in [0.25, 0.3) is 0 Å². The van der Waals surface area contributed by atoms with Crippen LogP contribution in [0.1, 0.15) is 43.2 Å². The molecular formula is C24H23NO5. The highest BCUT2D eigenvalue weighted by Gasteiger charge is 2.20. The van der Waals surface area contributed by atoms with Gasteiger partial charge in [0, 0.05) is 22.6 Å². The fraction of sp³-hybridized carbons (Fsp3) is 0.250. The topological polar surface area (TPSA) is 66.8 Å². The highest BCUT2D eigenvalue weighted by Crippen LogP contribution is 2.32. The zero-order valence-electron chi connectivity index (χ0n) is 17.4. The number of ether oxygens (including phenoxy) is 3. The van der Waals surface area contributed by atoms with Crippen molar-refractivity contribution in [3.63, 3.8) is 0 Å². The SMILES string of the molecule is Cc1ccc(-n2c(C)cc(C(=O)COC(=O)c3ccc4c(c3)OCO4)c2C)cc1C. The van der Waals surface area contributed by atoms with Crippen LogP contribution < -0.4 is 9.47 Å². The second kappa shape index (κ2) is 7.71. The third-order valence-corrected chi connectivity index (χ3v) is 5.42. The molecule has 4 rings (SSSR count). The van der Waals surface area contributed by atoms with E-state index in [1.165, 1.54) is 11.1 Å². The standard InChI is InChI=1S/C24H23NO5/c1-14-5-7-19(9-15(14)2)25-16(3)10-20(17(25)4)21(26)12-28-24(27)18-6-8-22-23(11-18)30-13-29-22/h5-11H,12-13H2,1-4H3. The molecule has 30 heavy (non-hydrogen) atoms. The van der Waals surface area contributed by atoms with Gasteiger partial charge in [-0.05, 0) is 75.2 Å². The average Bonchev–Trinajstić information content (AvgIpc) is 3.31. The number of ketones is 1. The number of hydrogen-bond acceptors (Lipinski definition) is 5. The summed E-state index contributed by atoms with van der Waals surface area (Å²) in [6, 6.07) is 12.8. The van der Waals surface area contributed by atoms with Crippen LogP contribution in [-0.2, 0) is 4.74 Å². The van der Waals surface area contributed by atoms with Crippen molar-refractivity contribution in [3.05, 3.63) is 76.1 Å². The molecule has 6 nitrogen and oxygen atoms in total. The van der Waals surface area contributed by atoms with Crippen molar-refractivity contribution in [2.75, 3.05) is 13.4 Å². The summed E-state index contributed by atoms with van der Waals surface area (Å²) in [4.78, 5) is 25.1. The van der Waals surface area contributed by atoms with Crippen molar-refractivity contribution in [1.29, 1.82) is 0 Å². The van der Waals surface area contributed by atoms with Crippen molar-refractivity contribution in [3.8, 4) is 17.2 Å². The number of aryl methyl sites for hydroxylation is 3. The van der Waals surface area contributed by atoms with Crippen molar-refractivity contribution in [1.82, 2.24) is 4.57 Å². The molecule has 0 radical (unpaired) electrons. The molecule has 1 aliphatic rings. The van der Waals surface area contributed by atoms with Crippen LogP contribution in [0.4, 0.5) is 0 Å². The van der Waals surface area contributed by atoms with E-state index in [0.29, 0.717) is 22.6 Å². The third-order valence-electron chi connectivity index (χ3n) is 5.42. The largest absolute Gasteiger partial charge is 0.454 e. The van der Waals surface area contributed by atoms with Crippen LogP contribution in [0.2, 0.25) is 0 Å². The molecule has 0 atom stereocenters. The Kier molecular flexibility index (Phi) is 5.08. The lowest BCUT2D eigenvalue weighted by atomic mass is 10.1. The molecule has 6 heteroatoms. The average molecular weight is 405 g/mol. The molecule has 0 bridgehead atoms. The number of nitrogens with zero attached hydrogens (tertiary/aromatic N) is 1. The Bertz CT molecular complexity index is 1160. The summed E-state index contributed by atoms with van der Waals surface area (Å²) in [5.41, 5.74) is 6.03. The molecule has 2 heterocycles. The maximum Gasteiger partial charge on any atom is 0.338 e. The number of rotatable bonds is 5. The van der Waals surface area contributed by atoms with E-state index in [0.717, 1.165) is 17.1 Å². The number of carbonyl (C=O) groups is 2. The molecule has 0 amide bonds. The van der Waals surface area contributed by atoms with Gasteiger partial charge in [0.1, 0.15) is 0 Å². The van der Waals surface area contributed by atoms with E-state index < -0.39 is 5.97 Å². The van der Waals surface area contributed by atoms with Gasteiger partial charge in [-0.3, -0.25) is 4.79 Å². The minimum absolute atomic E-state index is 0.127. The van der Waals surface area contributed by atoms with E-state index >= 15 is 0 Å². The van der Waals surface area contributed by atoms with Gasteiger partial charge in [-0.25, -0.2) is 4.79 Å². The van der Waals surface area contributed by atoms with Crippen LogP contribution in [0.3, 0.4) is 0 Å². The third kappa shape index (κ3) is 3.56. The number of aromatic nitrogens is 1. The fourth-order valence-corrected chi connectivity index (χ4v) is 3.62. The van der Waals surface area contributed by atoms with E-state index in [-0.39, 0.29) is 19.2 Å². The maximum atomic E-state index is 12.8. The second-order valence-corrected chi connectivity index (χ2v) is 7.46. The molecule has 0 aliphatic carbocycles. The van der Waals surface area contributed by atoms with Gasteiger partial charge in [0.2, 0.25) is 12.6 Å². The van der Waals surface area contributed by atoms with Crippen molar-refractivity contribution in [2.45, 2.75) is 27.7 Å². The minimum atomic E-state index is -0.579. The highest BCUT2D eigenvalue weighted by molar-refractivity contribution is 6.00. The second-order valence-electron chi connectivity index (χ2n) is 7.46. The smallest absolute Gasteiger partial charge is 0.338 e. The first-order valence-corrected chi connectivity index (χ1v) is 9.71. The van der Waals surface area contributed by atoms with E-state index in [4.69, 9.17) is 14.2 Å². The summed E-state index contributed by atoms with van der Waals surface area (Å²) in [7, 11) is 0. The lowest BCUT2D eigenvalue weighted by Crippen LogP contribution is -2.15. The molecule has 1 aromatic heterocycles. The molecule has 0 saturated carbocycles. The number of hydrogen-bond donors (Lipinski definition) is 0. The first kappa shape index (κ1) is 19.8. The van der Waals surface area contributed by atoms with Crippen LogP contribution in [-0.4, -0.2) is 29.7 Å². The summed E-state index contributed by atoms with van der Waals surface area (Å²) < 4.78 is 17.8. The van der Waals surface area contributed by atoms with E-state index in [1.807, 2.05) is 30.5 Å². The molecule has 0 unspecified atom stereocenters. The molecule has 0 spiro atoms. The Balaban J connectivity index is 1.50. The highest BCUT2D eigenvalue weighted by atomic mass is 16.7. The normalized spacial score (nSPS) is 12.1. The lowest BCUT2D eigenvalue weighted by Gasteiger charge is -2.12. The predicted molar refractivity (Wildman–Crippen MR) is 112 cm³/mol. The quantitative estimate of drug-likeness (QED) is 0.463. The Morgan fingerprint density at radius 1 is 0.933 bits per heavy atom. The molecule has 0 fully saturated rings. The van der Waals surface area contributed by atoms with Crippen LogP contribution in [0, 0.1) is 27.7 Å². The fourth-order valence-electron chi connectivity index (χ4n) is 3.62. The van der Waals surface area contributed by atoms with Crippen molar-refractivity contribution < 1.29 is 23.8 Å². The monoisotopic (exact) mass is 405 g/mol. The van der Waals surface area contributed by atoms with Crippen LogP contribution >= 0.6 is 0 Å². The van der Waals surface area contributed by atoms with Crippen LogP contribution in [0.25, 0.3) is 5.69 Å². The zero-order valence-corrected chi connectivity index (χ0v) is 17.4. The van der Waals surface area contributed by atoms with Gasteiger partial charge >= 0.3 is 5.97 Å². The van der Waals surface area contributed by atoms with Crippen molar-refractivity contribution >= 4 is 11.8 Å². The molecule has 3 aromatic rings. The van der Waals surface area contributed by atoms with Crippen LogP contribution in [0.5, 0.6) is 11.5 Å². The van der Waals surface area contributed by atoms with E-state index in [1.54, 1.807) is 18.2 Å². The summed E-state index contributed by atoms with van der Waals surface area (Å²) in [5.74, 6) is 0.256. The minimum Gasteiger partial charge on any atom is -0.454 e. The van der Waals surface area contributed by atoms with E-state index in [2.05, 4.69) is 26.0 Å². The van der Waals surface area contributed by atoms with E-state index in [9.17, 15) is 9.59 Å². The molecule has 154 valence electrons. The summed E-state index contributed by atoms with van der Waals surface area (Å²) in [6.07, 6.45) is 0. The predicted octanol–water partition coefficient (Wildman–Crippen LogP) is 4.48. The maximum absolute atomic E-state index is 12.8.